The molecular weight excluding hydrogens is 398 g/mol. The third kappa shape index (κ3) is 4.98. The summed E-state index contributed by atoms with van der Waals surface area (Å²) in [5.41, 5.74) is 2.24. The smallest absolute Gasteiger partial charge is 0.344 e. The number of hydrogen-bond acceptors (Lipinski definition) is 7. The van der Waals surface area contributed by atoms with Crippen molar-refractivity contribution < 1.29 is 9.53 Å². The summed E-state index contributed by atoms with van der Waals surface area (Å²) < 4.78 is 7.11. The fourth-order valence-corrected chi connectivity index (χ4v) is 4.44. The summed E-state index contributed by atoms with van der Waals surface area (Å²) in [5.74, 6) is -0.0559. The number of nitrogens with one attached hydrogen (secondary N) is 2. The lowest BCUT2D eigenvalue weighted by Crippen LogP contribution is -2.25. The molecule has 3 rings (SSSR count). The van der Waals surface area contributed by atoms with Gasteiger partial charge >= 0.3 is 5.69 Å². The van der Waals surface area contributed by atoms with Crippen molar-refractivity contribution in [3.05, 3.63) is 33.7 Å². The fraction of sp³-hybridized carbons (Fsp3) is 0.444. The van der Waals surface area contributed by atoms with Gasteiger partial charge in [-0.2, -0.15) is 5.26 Å². The number of thioether (sulfide) groups is 2. The highest BCUT2D eigenvalue weighted by Gasteiger charge is 2.20. The van der Waals surface area contributed by atoms with E-state index in [1.165, 1.54) is 16.3 Å². The molecule has 1 fully saturated rings. The Labute approximate surface area is 171 Å². The number of carbonyl (C=O) groups excluding carboxylic acids is 1. The highest BCUT2D eigenvalue weighted by atomic mass is 32.2. The topological polar surface area (TPSA) is 113 Å². The van der Waals surface area contributed by atoms with E-state index in [0.29, 0.717) is 18.3 Å². The second-order valence-corrected chi connectivity index (χ2v) is 8.32. The number of benzene rings is 1. The molecule has 0 saturated carbocycles. The molecule has 1 amide bonds. The summed E-state index contributed by atoms with van der Waals surface area (Å²) in [6, 6.07) is 3.74. The third-order valence-electron chi connectivity index (χ3n) is 4.40. The molecule has 0 aliphatic carbocycles. The summed E-state index contributed by atoms with van der Waals surface area (Å²) in [7, 11) is 0. The zero-order valence-electron chi connectivity index (χ0n) is 15.7. The van der Waals surface area contributed by atoms with Crippen molar-refractivity contribution >= 4 is 35.1 Å². The molecular formula is C18H21N5O3S2. The fourth-order valence-electron chi connectivity index (χ4n) is 3.10. The largest absolute Gasteiger partial charge is 0.376 e. The minimum absolute atomic E-state index is 0.0126. The molecule has 148 valence electrons. The number of rotatable bonds is 7. The van der Waals surface area contributed by atoms with Gasteiger partial charge in [0.1, 0.15) is 5.40 Å². The first kappa shape index (κ1) is 20.5. The lowest BCUT2D eigenvalue weighted by atomic mass is 10.1. The molecule has 1 aromatic heterocycles. The van der Waals surface area contributed by atoms with Crippen LogP contribution in [0.2, 0.25) is 0 Å². The van der Waals surface area contributed by atoms with Crippen LogP contribution in [0.3, 0.4) is 0 Å². The van der Waals surface area contributed by atoms with E-state index in [9.17, 15) is 9.59 Å². The molecule has 0 bridgehead atoms. The Morgan fingerprint density at radius 3 is 2.86 bits per heavy atom. The van der Waals surface area contributed by atoms with Gasteiger partial charge in [-0.05, 0) is 61.7 Å². The van der Waals surface area contributed by atoms with E-state index in [2.05, 4.69) is 15.5 Å². The minimum atomic E-state index is -0.296. The Morgan fingerprint density at radius 1 is 1.46 bits per heavy atom. The van der Waals surface area contributed by atoms with E-state index in [1.807, 2.05) is 31.4 Å². The monoisotopic (exact) mass is 419 g/mol. The van der Waals surface area contributed by atoms with Crippen LogP contribution >= 0.6 is 23.5 Å². The van der Waals surface area contributed by atoms with Crippen molar-refractivity contribution in [3.63, 3.8) is 0 Å². The molecule has 28 heavy (non-hydrogen) atoms. The van der Waals surface area contributed by atoms with Crippen LogP contribution in [0.4, 0.5) is 5.69 Å². The van der Waals surface area contributed by atoms with E-state index in [4.69, 9.17) is 10.00 Å². The molecule has 8 nitrogen and oxygen atoms in total. The minimum Gasteiger partial charge on any atom is -0.376 e. The van der Waals surface area contributed by atoms with Gasteiger partial charge in [-0.25, -0.2) is 9.89 Å². The van der Waals surface area contributed by atoms with Crippen LogP contribution in [0, 0.1) is 24.5 Å². The van der Waals surface area contributed by atoms with Gasteiger partial charge in [-0.3, -0.25) is 9.36 Å². The molecule has 2 heterocycles. The van der Waals surface area contributed by atoms with Gasteiger partial charge < -0.3 is 10.1 Å². The highest BCUT2D eigenvalue weighted by Crippen LogP contribution is 2.28. The van der Waals surface area contributed by atoms with Crippen molar-refractivity contribution in [2.45, 2.75) is 49.4 Å². The quantitative estimate of drug-likeness (QED) is 0.524. The van der Waals surface area contributed by atoms with Crippen LogP contribution in [0.1, 0.15) is 24.0 Å². The van der Waals surface area contributed by atoms with Gasteiger partial charge in [0.05, 0.1) is 18.4 Å². The van der Waals surface area contributed by atoms with Crippen LogP contribution in [0.15, 0.2) is 27.0 Å². The van der Waals surface area contributed by atoms with Crippen molar-refractivity contribution in [2.75, 3.05) is 17.7 Å². The maximum atomic E-state index is 12.4. The number of ether oxygens (including phenoxy) is 1. The number of aromatic amines is 1. The van der Waals surface area contributed by atoms with Crippen LogP contribution < -0.4 is 11.0 Å². The Balaban J connectivity index is 1.62. The molecule has 1 aliphatic rings. The Hall–Kier alpha value is -2.22. The van der Waals surface area contributed by atoms with Crippen molar-refractivity contribution in [1.29, 1.82) is 5.26 Å². The number of carbonyl (C=O) groups is 1. The number of aromatic nitrogens is 3. The second-order valence-electron chi connectivity index (χ2n) is 6.52. The molecule has 10 heteroatoms. The Morgan fingerprint density at radius 2 is 2.21 bits per heavy atom. The number of hydrogen-bond donors (Lipinski definition) is 2. The average Bonchev–Trinajstić information content (AvgIpc) is 3.28. The summed E-state index contributed by atoms with van der Waals surface area (Å²) in [6.07, 6.45) is 1.92. The number of aryl methyl sites for hydroxylation is 2. The van der Waals surface area contributed by atoms with Crippen molar-refractivity contribution in [2.24, 2.45) is 0 Å². The second kappa shape index (κ2) is 9.32. The van der Waals surface area contributed by atoms with Gasteiger partial charge in [-0.15, -0.1) is 5.10 Å². The molecule has 1 atom stereocenters. The van der Waals surface area contributed by atoms with Gasteiger partial charge in [0, 0.05) is 17.2 Å². The standard InChI is InChI=1S/C18H21N5O3S2/c1-11-6-14(28-10-19)7-12(2)16(11)20-15(24)9-27-18-22-21-17(25)23(18)8-13-4-3-5-26-13/h6-7,13H,3-5,8-9H2,1-2H3,(H,20,24)(H,21,25)/t13-/m0/s1. The van der Waals surface area contributed by atoms with Crippen LogP contribution in [0.5, 0.6) is 0 Å². The van der Waals surface area contributed by atoms with Crippen molar-refractivity contribution in [1.82, 2.24) is 14.8 Å². The zero-order valence-corrected chi connectivity index (χ0v) is 17.3. The number of amides is 1. The number of nitriles is 1. The van der Waals surface area contributed by atoms with Gasteiger partial charge in [0.25, 0.3) is 0 Å². The molecule has 1 aromatic carbocycles. The van der Waals surface area contributed by atoms with E-state index < -0.39 is 0 Å². The van der Waals surface area contributed by atoms with Crippen LogP contribution in [-0.2, 0) is 16.1 Å². The lowest BCUT2D eigenvalue weighted by molar-refractivity contribution is -0.113. The maximum Gasteiger partial charge on any atom is 0.344 e. The normalized spacial score (nSPS) is 16.1. The summed E-state index contributed by atoms with van der Waals surface area (Å²) in [4.78, 5) is 25.3. The molecule has 0 spiro atoms. The Kier molecular flexibility index (Phi) is 6.83. The van der Waals surface area contributed by atoms with Gasteiger partial charge in [0.15, 0.2) is 5.16 Å². The number of thiocyanates is 1. The van der Waals surface area contributed by atoms with Gasteiger partial charge in [0.2, 0.25) is 5.91 Å². The Bertz CT molecular complexity index is 934. The number of H-pyrrole nitrogens is 1. The van der Waals surface area contributed by atoms with E-state index in [0.717, 1.165) is 46.3 Å². The number of nitrogens with zero attached hydrogens (tertiary/aromatic N) is 3. The summed E-state index contributed by atoms with van der Waals surface area (Å²) in [6.45, 7) is 4.94. The van der Waals surface area contributed by atoms with Crippen molar-refractivity contribution in [3.8, 4) is 5.40 Å². The average molecular weight is 420 g/mol. The molecule has 0 radical (unpaired) electrons. The molecule has 1 aliphatic heterocycles. The predicted molar refractivity (Wildman–Crippen MR) is 109 cm³/mol. The number of anilines is 1. The lowest BCUT2D eigenvalue weighted by Gasteiger charge is -2.13. The van der Waals surface area contributed by atoms with Crippen LogP contribution in [0.25, 0.3) is 0 Å². The summed E-state index contributed by atoms with van der Waals surface area (Å²) in [5, 5.41) is 20.7. The first-order valence-electron chi connectivity index (χ1n) is 8.84. The third-order valence-corrected chi connectivity index (χ3v) is 5.94. The molecule has 1 saturated heterocycles. The van der Waals surface area contributed by atoms with E-state index in [-0.39, 0.29) is 23.5 Å². The van der Waals surface area contributed by atoms with Crippen LogP contribution in [-0.4, -0.2) is 39.1 Å². The SMILES string of the molecule is Cc1cc(SC#N)cc(C)c1NC(=O)CSc1n[nH]c(=O)n1C[C@@H]1CCCO1. The van der Waals surface area contributed by atoms with Gasteiger partial charge in [-0.1, -0.05) is 11.8 Å². The molecule has 2 aromatic rings. The first-order valence-corrected chi connectivity index (χ1v) is 10.6. The first-order chi connectivity index (χ1) is 13.5. The molecule has 0 unspecified atom stereocenters. The zero-order chi connectivity index (χ0) is 20.1. The van der Waals surface area contributed by atoms with E-state index in [1.54, 1.807) is 0 Å². The summed E-state index contributed by atoms with van der Waals surface area (Å²) >= 11 is 2.30. The predicted octanol–water partition coefficient (Wildman–Crippen LogP) is 2.67. The molecule has 2 N–H and O–H groups in total. The highest BCUT2D eigenvalue weighted by molar-refractivity contribution is 8.03. The maximum absolute atomic E-state index is 12.4. The van der Waals surface area contributed by atoms with E-state index >= 15 is 0 Å².